The number of guanidine groups is 1. The Morgan fingerprint density at radius 3 is 2.50 bits per heavy atom. The number of aromatic nitrogens is 1. The minimum atomic E-state index is 0.820. The van der Waals surface area contributed by atoms with E-state index in [2.05, 4.69) is 56.8 Å². The quantitative estimate of drug-likeness (QED) is 0.444. The summed E-state index contributed by atoms with van der Waals surface area (Å²) < 4.78 is 0. The molecule has 2 aromatic rings. The molecule has 24 heavy (non-hydrogen) atoms. The van der Waals surface area contributed by atoms with Crippen molar-refractivity contribution in [2.24, 2.45) is 4.99 Å². The molecule has 2 rings (SSSR count). The van der Waals surface area contributed by atoms with Crippen LogP contribution in [0.5, 0.6) is 0 Å². The smallest absolute Gasteiger partial charge is 0.190 e. The molecule has 128 valence electrons. The number of pyridine rings is 1. The molecule has 0 saturated carbocycles. The highest BCUT2D eigenvalue weighted by Crippen LogP contribution is 2.10. The molecule has 0 amide bonds. The molecule has 1 aromatic carbocycles. The standard InChI is InChI=1S/C19H27N5/c1-20-19(23-15-12-17-9-6-7-13-21-17)22-14-8-16-24(2)18-10-4-3-5-11-18/h3-7,9-11,13H,8,12,14-16H2,1-2H3,(H2,20,22,23). The van der Waals surface area contributed by atoms with Crippen LogP contribution in [0, 0.1) is 0 Å². The van der Waals surface area contributed by atoms with Crippen molar-refractivity contribution in [1.82, 2.24) is 15.6 Å². The number of nitrogens with one attached hydrogen (secondary N) is 2. The van der Waals surface area contributed by atoms with E-state index in [4.69, 9.17) is 0 Å². The maximum atomic E-state index is 4.32. The van der Waals surface area contributed by atoms with Crippen molar-refractivity contribution >= 4 is 11.6 Å². The van der Waals surface area contributed by atoms with E-state index in [0.717, 1.165) is 44.1 Å². The van der Waals surface area contributed by atoms with Crippen molar-refractivity contribution in [3.05, 3.63) is 60.4 Å². The first-order chi connectivity index (χ1) is 11.8. The number of benzene rings is 1. The maximum Gasteiger partial charge on any atom is 0.190 e. The Balaban J connectivity index is 1.61. The topological polar surface area (TPSA) is 52.6 Å². The Hall–Kier alpha value is -2.56. The third kappa shape index (κ3) is 6.28. The van der Waals surface area contributed by atoms with E-state index in [9.17, 15) is 0 Å². The molecule has 0 atom stereocenters. The molecule has 0 fully saturated rings. The molecule has 0 bridgehead atoms. The Morgan fingerprint density at radius 2 is 1.79 bits per heavy atom. The Kier molecular flexibility index (Phi) is 7.60. The molecule has 5 heteroatoms. The van der Waals surface area contributed by atoms with Gasteiger partial charge in [0, 0.05) is 57.7 Å². The highest BCUT2D eigenvalue weighted by molar-refractivity contribution is 5.79. The van der Waals surface area contributed by atoms with Crippen LogP contribution < -0.4 is 15.5 Å². The number of nitrogens with zero attached hydrogens (tertiary/aromatic N) is 3. The van der Waals surface area contributed by atoms with Gasteiger partial charge < -0.3 is 15.5 Å². The Bertz CT molecular complexity index is 598. The first kappa shape index (κ1) is 17.8. The fourth-order valence-electron chi connectivity index (χ4n) is 2.41. The lowest BCUT2D eigenvalue weighted by molar-refractivity contribution is 0.725. The summed E-state index contributed by atoms with van der Waals surface area (Å²) in [6, 6.07) is 16.4. The Labute approximate surface area is 144 Å². The SMILES string of the molecule is CN=C(NCCCN(C)c1ccccc1)NCCc1ccccn1. The summed E-state index contributed by atoms with van der Waals surface area (Å²) in [6.45, 7) is 2.71. The highest BCUT2D eigenvalue weighted by Gasteiger charge is 2.01. The van der Waals surface area contributed by atoms with Gasteiger partial charge in [-0.05, 0) is 30.7 Å². The highest BCUT2D eigenvalue weighted by atomic mass is 15.2. The molecule has 0 spiro atoms. The molecule has 0 saturated heterocycles. The van der Waals surface area contributed by atoms with E-state index in [1.54, 1.807) is 7.05 Å². The molecule has 0 aliphatic rings. The summed E-state index contributed by atoms with van der Waals surface area (Å²) in [4.78, 5) is 10.8. The third-order valence-corrected chi connectivity index (χ3v) is 3.78. The zero-order valence-electron chi connectivity index (χ0n) is 14.6. The van der Waals surface area contributed by atoms with Gasteiger partial charge in [-0.3, -0.25) is 9.98 Å². The summed E-state index contributed by atoms with van der Waals surface area (Å²) >= 11 is 0. The number of para-hydroxylation sites is 1. The predicted octanol–water partition coefficient (Wildman–Crippen LogP) is 2.32. The van der Waals surface area contributed by atoms with E-state index >= 15 is 0 Å². The zero-order chi connectivity index (χ0) is 17.0. The number of hydrogen-bond donors (Lipinski definition) is 2. The normalized spacial score (nSPS) is 11.2. The number of hydrogen-bond acceptors (Lipinski definition) is 3. The van der Waals surface area contributed by atoms with Crippen LogP contribution in [0.25, 0.3) is 0 Å². The van der Waals surface area contributed by atoms with Gasteiger partial charge in [-0.1, -0.05) is 24.3 Å². The fraction of sp³-hybridized carbons (Fsp3) is 0.368. The van der Waals surface area contributed by atoms with E-state index in [0.29, 0.717) is 0 Å². The van der Waals surface area contributed by atoms with Crippen LogP contribution in [0.15, 0.2) is 59.7 Å². The lowest BCUT2D eigenvalue weighted by Gasteiger charge is -2.19. The average molecular weight is 325 g/mol. The molecule has 5 nitrogen and oxygen atoms in total. The second kappa shape index (κ2) is 10.3. The first-order valence-corrected chi connectivity index (χ1v) is 8.40. The van der Waals surface area contributed by atoms with Crippen LogP contribution in [0.3, 0.4) is 0 Å². The molecule has 0 aliphatic carbocycles. The molecule has 0 unspecified atom stereocenters. The van der Waals surface area contributed by atoms with E-state index in [1.807, 2.05) is 30.5 Å². The summed E-state index contributed by atoms with van der Waals surface area (Å²) in [5, 5.41) is 6.68. The largest absolute Gasteiger partial charge is 0.375 e. The first-order valence-electron chi connectivity index (χ1n) is 8.40. The predicted molar refractivity (Wildman–Crippen MR) is 102 cm³/mol. The van der Waals surface area contributed by atoms with Crippen molar-refractivity contribution in [2.75, 3.05) is 38.6 Å². The van der Waals surface area contributed by atoms with Gasteiger partial charge in [0.05, 0.1) is 0 Å². The minimum absolute atomic E-state index is 0.820. The van der Waals surface area contributed by atoms with Gasteiger partial charge >= 0.3 is 0 Å². The molecule has 0 radical (unpaired) electrons. The van der Waals surface area contributed by atoms with E-state index in [-0.39, 0.29) is 0 Å². The van der Waals surface area contributed by atoms with Crippen molar-refractivity contribution in [1.29, 1.82) is 0 Å². The Morgan fingerprint density at radius 1 is 1.04 bits per heavy atom. The van der Waals surface area contributed by atoms with Crippen molar-refractivity contribution in [2.45, 2.75) is 12.8 Å². The van der Waals surface area contributed by atoms with Crippen LogP contribution >= 0.6 is 0 Å². The fourth-order valence-corrected chi connectivity index (χ4v) is 2.41. The van der Waals surface area contributed by atoms with Gasteiger partial charge in [-0.2, -0.15) is 0 Å². The molecular formula is C19H27N5. The molecule has 2 N–H and O–H groups in total. The third-order valence-electron chi connectivity index (χ3n) is 3.78. The van der Waals surface area contributed by atoms with Gasteiger partial charge in [0.2, 0.25) is 0 Å². The monoisotopic (exact) mass is 325 g/mol. The molecule has 1 heterocycles. The van der Waals surface area contributed by atoms with Crippen LogP contribution in [-0.4, -0.2) is 44.7 Å². The van der Waals surface area contributed by atoms with Crippen molar-refractivity contribution in [3.8, 4) is 0 Å². The molecular weight excluding hydrogens is 298 g/mol. The van der Waals surface area contributed by atoms with Crippen molar-refractivity contribution in [3.63, 3.8) is 0 Å². The van der Waals surface area contributed by atoms with Crippen molar-refractivity contribution < 1.29 is 0 Å². The summed E-state index contributed by atoms with van der Waals surface area (Å²) in [5.41, 5.74) is 2.33. The summed E-state index contributed by atoms with van der Waals surface area (Å²) in [6.07, 6.45) is 3.76. The van der Waals surface area contributed by atoms with Crippen LogP contribution in [-0.2, 0) is 6.42 Å². The maximum absolute atomic E-state index is 4.32. The second-order valence-electron chi connectivity index (χ2n) is 5.61. The average Bonchev–Trinajstić information content (AvgIpc) is 2.65. The van der Waals surface area contributed by atoms with Crippen LogP contribution in [0.2, 0.25) is 0 Å². The minimum Gasteiger partial charge on any atom is -0.375 e. The van der Waals surface area contributed by atoms with Crippen LogP contribution in [0.4, 0.5) is 5.69 Å². The van der Waals surface area contributed by atoms with Gasteiger partial charge in [-0.25, -0.2) is 0 Å². The van der Waals surface area contributed by atoms with Gasteiger partial charge in [0.15, 0.2) is 5.96 Å². The number of aliphatic imine (C=N–C) groups is 1. The second-order valence-corrected chi connectivity index (χ2v) is 5.61. The summed E-state index contributed by atoms with van der Waals surface area (Å²) in [7, 11) is 3.92. The van der Waals surface area contributed by atoms with Crippen LogP contribution in [0.1, 0.15) is 12.1 Å². The van der Waals surface area contributed by atoms with E-state index < -0.39 is 0 Å². The lowest BCUT2D eigenvalue weighted by Crippen LogP contribution is -2.39. The number of rotatable bonds is 8. The van der Waals surface area contributed by atoms with Gasteiger partial charge in [0.1, 0.15) is 0 Å². The molecule has 1 aromatic heterocycles. The summed E-state index contributed by atoms with van der Waals surface area (Å²) in [5.74, 6) is 0.841. The molecule has 0 aliphatic heterocycles. The van der Waals surface area contributed by atoms with E-state index in [1.165, 1.54) is 5.69 Å². The lowest BCUT2D eigenvalue weighted by atomic mass is 10.3. The van der Waals surface area contributed by atoms with Gasteiger partial charge in [0.25, 0.3) is 0 Å². The van der Waals surface area contributed by atoms with Gasteiger partial charge in [-0.15, -0.1) is 0 Å². The number of anilines is 1. The zero-order valence-corrected chi connectivity index (χ0v) is 14.6.